The van der Waals surface area contributed by atoms with Crippen LogP contribution >= 0.6 is 23.8 Å². The summed E-state index contributed by atoms with van der Waals surface area (Å²) in [6.07, 6.45) is -1.85. The molecule has 146 valence electrons. The minimum atomic E-state index is -4.44. The summed E-state index contributed by atoms with van der Waals surface area (Å²) in [5, 5.41) is 0.210. The van der Waals surface area contributed by atoms with Crippen LogP contribution in [0.15, 0.2) is 40.9 Å². The summed E-state index contributed by atoms with van der Waals surface area (Å²) in [7, 11) is 0. The first-order valence-electron chi connectivity index (χ1n) is 8.55. The number of nitrogens with one attached hydrogen (secondary N) is 1. The molecule has 3 heterocycles. The average Bonchev–Trinajstić information content (AvgIpc) is 3.09. The molecule has 28 heavy (non-hydrogen) atoms. The highest BCUT2D eigenvalue weighted by atomic mass is 35.5. The van der Waals surface area contributed by atoms with Gasteiger partial charge in [-0.25, -0.2) is 4.98 Å². The number of nitrogens with zero attached hydrogens (tertiary/aromatic N) is 2. The molecule has 4 rings (SSSR count). The lowest BCUT2D eigenvalue weighted by atomic mass is 10.1. The van der Waals surface area contributed by atoms with Crippen LogP contribution in [0.2, 0.25) is 5.02 Å². The standard InChI is InChI=1S/C19H15ClF3N3OS/c20-15-3-1-12(19(21,22)23)7-14(15)17-4-2-13(27-17)10-26-6-5-16-11(9-26)8-24-18(28)25-16/h1-4,7-8H,5-6,9-10H2,(H,24,25,28). The highest BCUT2D eigenvalue weighted by Crippen LogP contribution is 2.36. The Kier molecular flexibility index (Phi) is 5.03. The Morgan fingerprint density at radius 2 is 2.07 bits per heavy atom. The number of H-pyrrole nitrogens is 1. The molecule has 0 aliphatic carbocycles. The number of hydrogen-bond donors (Lipinski definition) is 1. The molecular formula is C19H15ClF3N3OS. The summed E-state index contributed by atoms with van der Waals surface area (Å²) >= 11 is 11.1. The van der Waals surface area contributed by atoms with Gasteiger partial charge in [0, 0.05) is 42.5 Å². The number of alkyl halides is 3. The number of halogens is 4. The van der Waals surface area contributed by atoms with Crippen LogP contribution in [0.4, 0.5) is 13.2 Å². The van der Waals surface area contributed by atoms with E-state index in [2.05, 4.69) is 14.9 Å². The Morgan fingerprint density at radius 3 is 2.86 bits per heavy atom. The topological polar surface area (TPSA) is 45.1 Å². The summed E-state index contributed by atoms with van der Waals surface area (Å²) < 4.78 is 45.2. The molecule has 0 bridgehead atoms. The molecule has 0 spiro atoms. The summed E-state index contributed by atoms with van der Waals surface area (Å²) in [5.41, 5.74) is 1.63. The quantitative estimate of drug-likeness (QED) is 0.552. The molecule has 3 aromatic rings. The lowest BCUT2D eigenvalue weighted by Gasteiger charge is -2.27. The predicted octanol–water partition coefficient (Wildman–Crippen LogP) is 5.63. The molecule has 1 aliphatic rings. The van der Waals surface area contributed by atoms with E-state index in [1.54, 1.807) is 18.3 Å². The smallest absolute Gasteiger partial charge is 0.416 e. The molecule has 0 saturated carbocycles. The number of aromatic nitrogens is 2. The molecule has 0 amide bonds. The van der Waals surface area contributed by atoms with Crippen molar-refractivity contribution in [3.8, 4) is 11.3 Å². The maximum atomic E-state index is 13.0. The highest BCUT2D eigenvalue weighted by Gasteiger charge is 2.31. The molecule has 1 aromatic carbocycles. The second kappa shape index (κ2) is 7.35. The molecule has 0 atom stereocenters. The van der Waals surface area contributed by atoms with Gasteiger partial charge in [0.25, 0.3) is 0 Å². The molecule has 1 N–H and O–H groups in total. The Morgan fingerprint density at radius 1 is 1.25 bits per heavy atom. The number of furan rings is 1. The second-order valence-corrected chi connectivity index (χ2v) is 7.41. The van der Waals surface area contributed by atoms with Crippen molar-refractivity contribution in [2.75, 3.05) is 6.54 Å². The van der Waals surface area contributed by atoms with Gasteiger partial charge in [-0.05, 0) is 42.5 Å². The molecule has 0 saturated heterocycles. The summed E-state index contributed by atoms with van der Waals surface area (Å²) in [5.74, 6) is 0.970. The van der Waals surface area contributed by atoms with E-state index in [4.69, 9.17) is 28.2 Å². The van der Waals surface area contributed by atoms with Gasteiger partial charge in [0.15, 0.2) is 4.77 Å². The van der Waals surface area contributed by atoms with E-state index < -0.39 is 11.7 Å². The monoisotopic (exact) mass is 425 g/mol. The fraction of sp³-hybridized carbons (Fsp3) is 0.263. The van der Waals surface area contributed by atoms with E-state index in [9.17, 15) is 13.2 Å². The summed E-state index contributed by atoms with van der Waals surface area (Å²) in [4.78, 5) is 9.40. The van der Waals surface area contributed by atoms with Gasteiger partial charge in [0.1, 0.15) is 11.5 Å². The highest BCUT2D eigenvalue weighted by molar-refractivity contribution is 7.71. The molecule has 2 aromatic heterocycles. The van der Waals surface area contributed by atoms with Crippen LogP contribution in [-0.4, -0.2) is 21.4 Å². The third-order valence-electron chi connectivity index (χ3n) is 4.66. The minimum Gasteiger partial charge on any atom is -0.460 e. The van der Waals surface area contributed by atoms with Gasteiger partial charge in [-0.15, -0.1) is 0 Å². The van der Waals surface area contributed by atoms with Gasteiger partial charge < -0.3 is 9.40 Å². The summed E-state index contributed by atoms with van der Waals surface area (Å²) in [6, 6.07) is 6.61. The number of benzene rings is 1. The average molecular weight is 426 g/mol. The summed E-state index contributed by atoms with van der Waals surface area (Å²) in [6.45, 7) is 2.03. The van der Waals surface area contributed by atoms with Gasteiger partial charge >= 0.3 is 6.18 Å². The van der Waals surface area contributed by atoms with Crippen LogP contribution in [0, 0.1) is 4.77 Å². The maximum Gasteiger partial charge on any atom is 0.416 e. The van der Waals surface area contributed by atoms with Crippen LogP contribution in [-0.2, 0) is 25.7 Å². The predicted molar refractivity (Wildman–Crippen MR) is 101 cm³/mol. The number of hydrogen-bond acceptors (Lipinski definition) is 4. The van der Waals surface area contributed by atoms with Crippen LogP contribution in [0.25, 0.3) is 11.3 Å². The van der Waals surface area contributed by atoms with Crippen molar-refractivity contribution < 1.29 is 17.6 Å². The van der Waals surface area contributed by atoms with Gasteiger partial charge in [-0.2, -0.15) is 13.2 Å². The Bertz CT molecular complexity index is 1080. The van der Waals surface area contributed by atoms with Gasteiger partial charge in [-0.1, -0.05) is 11.6 Å². The lowest BCUT2D eigenvalue weighted by molar-refractivity contribution is -0.137. The largest absolute Gasteiger partial charge is 0.460 e. The van der Waals surface area contributed by atoms with Crippen LogP contribution in [0.3, 0.4) is 0 Å². The Balaban J connectivity index is 1.53. The molecule has 0 unspecified atom stereocenters. The fourth-order valence-electron chi connectivity index (χ4n) is 3.26. The van der Waals surface area contributed by atoms with E-state index in [1.807, 2.05) is 0 Å². The van der Waals surface area contributed by atoms with Crippen molar-refractivity contribution in [2.45, 2.75) is 25.7 Å². The van der Waals surface area contributed by atoms with Crippen molar-refractivity contribution in [3.05, 3.63) is 68.9 Å². The lowest BCUT2D eigenvalue weighted by Crippen LogP contribution is -2.30. The first-order chi connectivity index (χ1) is 13.3. The Hall–Kier alpha value is -2.16. The van der Waals surface area contributed by atoms with E-state index in [0.29, 0.717) is 29.4 Å². The minimum absolute atomic E-state index is 0.210. The molecular weight excluding hydrogens is 411 g/mol. The maximum absolute atomic E-state index is 13.0. The zero-order chi connectivity index (χ0) is 19.9. The van der Waals surface area contributed by atoms with Crippen LogP contribution in [0.1, 0.15) is 22.6 Å². The SMILES string of the molecule is FC(F)(F)c1ccc(Cl)c(-c2ccc(CN3CCc4[nH]c(=S)ncc4C3)o2)c1. The molecule has 0 radical (unpaired) electrons. The van der Waals surface area contributed by atoms with E-state index >= 15 is 0 Å². The van der Waals surface area contributed by atoms with Crippen molar-refractivity contribution in [3.63, 3.8) is 0 Å². The van der Waals surface area contributed by atoms with Crippen molar-refractivity contribution in [1.82, 2.24) is 14.9 Å². The van der Waals surface area contributed by atoms with Crippen molar-refractivity contribution >= 4 is 23.8 Å². The second-order valence-electron chi connectivity index (χ2n) is 6.61. The van der Waals surface area contributed by atoms with E-state index in [-0.39, 0.29) is 10.6 Å². The van der Waals surface area contributed by atoms with E-state index in [0.717, 1.165) is 36.4 Å². The third-order valence-corrected chi connectivity index (χ3v) is 5.19. The number of rotatable bonds is 3. The number of aromatic amines is 1. The third kappa shape index (κ3) is 3.99. The first kappa shape index (κ1) is 19.2. The molecule has 0 fully saturated rings. The van der Waals surface area contributed by atoms with Crippen LogP contribution in [0.5, 0.6) is 0 Å². The zero-order valence-electron chi connectivity index (χ0n) is 14.5. The number of fused-ring (bicyclic) bond motifs is 1. The van der Waals surface area contributed by atoms with E-state index in [1.165, 1.54) is 6.07 Å². The van der Waals surface area contributed by atoms with Crippen LogP contribution < -0.4 is 0 Å². The molecule has 1 aliphatic heterocycles. The van der Waals surface area contributed by atoms with Gasteiger partial charge in [0.2, 0.25) is 0 Å². The van der Waals surface area contributed by atoms with Crippen molar-refractivity contribution in [1.29, 1.82) is 0 Å². The van der Waals surface area contributed by atoms with Gasteiger partial charge in [0.05, 0.1) is 17.1 Å². The zero-order valence-corrected chi connectivity index (χ0v) is 16.1. The van der Waals surface area contributed by atoms with Crippen molar-refractivity contribution in [2.24, 2.45) is 0 Å². The molecule has 9 heteroatoms. The Labute approximate surface area is 169 Å². The fourth-order valence-corrected chi connectivity index (χ4v) is 3.65. The van der Waals surface area contributed by atoms with Gasteiger partial charge in [-0.3, -0.25) is 4.90 Å². The molecule has 4 nitrogen and oxygen atoms in total. The first-order valence-corrected chi connectivity index (χ1v) is 9.33. The normalized spacial score (nSPS) is 14.9.